The fraction of sp³-hybridized carbons (Fsp3) is 1.00. The van der Waals surface area contributed by atoms with Crippen LogP contribution in [0.15, 0.2) is 0 Å². The van der Waals surface area contributed by atoms with E-state index in [1.807, 2.05) is 0 Å². The van der Waals surface area contributed by atoms with Gasteiger partial charge in [-0.15, -0.1) is 0 Å². The lowest BCUT2D eigenvalue weighted by Gasteiger charge is -2.47. The Kier molecular flexibility index (Phi) is 4.45. The Hall–Kier alpha value is -0.0400. The molecule has 1 nitrogen and oxygen atoms in total. The van der Waals surface area contributed by atoms with Crippen LogP contribution < -0.4 is 5.32 Å². The summed E-state index contributed by atoms with van der Waals surface area (Å²) in [5.41, 5.74) is 1.04. The minimum absolute atomic E-state index is 0.522. The van der Waals surface area contributed by atoms with Gasteiger partial charge in [-0.1, -0.05) is 34.6 Å². The van der Waals surface area contributed by atoms with Gasteiger partial charge in [-0.25, -0.2) is 0 Å². The Morgan fingerprint density at radius 2 is 1.62 bits per heavy atom. The van der Waals surface area contributed by atoms with E-state index in [4.69, 9.17) is 0 Å². The third kappa shape index (κ3) is 4.08. The van der Waals surface area contributed by atoms with Gasteiger partial charge in [0.2, 0.25) is 0 Å². The normalized spacial score (nSPS) is 26.6. The van der Waals surface area contributed by atoms with Gasteiger partial charge in [-0.3, -0.25) is 0 Å². The molecule has 0 bridgehead atoms. The van der Waals surface area contributed by atoms with Crippen LogP contribution in [-0.2, 0) is 0 Å². The third-order valence-corrected chi connectivity index (χ3v) is 4.01. The van der Waals surface area contributed by atoms with Crippen molar-refractivity contribution in [1.29, 1.82) is 0 Å². The summed E-state index contributed by atoms with van der Waals surface area (Å²) < 4.78 is 0. The largest absolute Gasteiger partial charge is 0.314 e. The lowest BCUT2D eigenvalue weighted by atomic mass is 9.60. The first kappa shape index (κ1) is 14.0. The van der Waals surface area contributed by atoms with Crippen LogP contribution in [0.1, 0.15) is 67.2 Å². The molecule has 0 aromatic carbocycles. The van der Waals surface area contributed by atoms with Crippen molar-refractivity contribution in [2.75, 3.05) is 6.54 Å². The van der Waals surface area contributed by atoms with Crippen LogP contribution in [0.5, 0.6) is 0 Å². The van der Waals surface area contributed by atoms with Gasteiger partial charge in [0, 0.05) is 6.04 Å². The van der Waals surface area contributed by atoms with E-state index in [1.54, 1.807) is 0 Å². The van der Waals surface area contributed by atoms with Gasteiger partial charge in [0.05, 0.1) is 0 Å². The number of nitrogens with one attached hydrogen (secondary N) is 1. The second kappa shape index (κ2) is 5.08. The summed E-state index contributed by atoms with van der Waals surface area (Å²) in [7, 11) is 0. The summed E-state index contributed by atoms with van der Waals surface area (Å²) in [5, 5.41) is 3.68. The first-order valence-corrected chi connectivity index (χ1v) is 6.99. The van der Waals surface area contributed by atoms with Gasteiger partial charge in [-0.05, 0) is 55.9 Å². The molecular weight excluding hydrogens is 194 g/mol. The van der Waals surface area contributed by atoms with Gasteiger partial charge in [-0.2, -0.15) is 0 Å². The van der Waals surface area contributed by atoms with E-state index < -0.39 is 0 Å². The van der Waals surface area contributed by atoms with Crippen molar-refractivity contribution in [3.63, 3.8) is 0 Å². The van der Waals surface area contributed by atoms with E-state index in [9.17, 15) is 0 Å². The topological polar surface area (TPSA) is 12.0 Å². The maximum Gasteiger partial charge on any atom is 0.00673 e. The molecule has 96 valence electrons. The molecule has 0 saturated heterocycles. The smallest absolute Gasteiger partial charge is 0.00673 e. The van der Waals surface area contributed by atoms with Crippen LogP contribution in [0.3, 0.4) is 0 Å². The van der Waals surface area contributed by atoms with E-state index in [1.165, 1.54) is 32.2 Å². The van der Waals surface area contributed by atoms with Crippen molar-refractivity contribution < 1.29 is 0 Å². The first-order chi connectivity index (χ1) is 7.26. The van der Waals surface area contributed by atoms with Crippen LogP contribution in [0, 0.1) is 16.7 Å². The number of hydrogen-bond donors (Lipinski definition) is 1. The number of rotatable bonds is 4. The lowest BCUT2D eigenvalue weighted by molar-refractivity contribution is 0.0525. The summed E-state index contributed by atoms with van der Waals surface area (Å²) in [4.78, 5) is 0. The Labute approximate surface area is 102 Å². The molecule has 1 aliphatic carbocycles. The van der Waals surface area contributed by atoms with Crippen LogP contribution in [0.2, 0.25) is 0 Å². The zero-order chi connectivity index (χ0) is 12.4. The minimum Gasteiger partial charge on any atom is -0.314 e. The molecule has 1 N–H and O–H groups in total. The molecule has 1 rings (SSSR count). The molecule has 0 amide bonds. The second-order valence-corrected chi connectivity index (χ2v) is 7.42. The zero-order valence-electron chi connectivity index (χ0n) is 12.2. The van der Waals surface area contributed by atoms with Crippen LogP contribution in [0.4, 0.5) is 0 Å². The summed E-state index contributed by atoms with van der Waals surface area (Å²) in [6.45, 7) is 15.5. The molecular formula is C15H31N. The molecule has 0 aromatic rings. The van der Waals surface area contributed by atoms with Crippen molar-refractivity contribution in [3.8, 4) is 0 Å². The summed E-state index contributed by atoms with van der Waals surface area (Å²) in [5.74, 6) is 0.852. The van der Waals surface area contributed by atoms with Gasteiger partial charge < -0.3 is 5.32 Å². The lowest BCUT2D eigenvalue weighted by Crippen LogP contribution is -2.43. The van der Waals surface area contributed by atoms with Crippen molar-refractivity contribution in [3.05, 3.63) is 0 Å². The maximum atomic E-state index is 3.68. The highest BCUT2D eigenvalue weighted by molar-refractivity contribution is 4.92. The monoisotopic (exact) mass is 225 g/mol. The molecule has 0 heterocycles. The summed E-state index contributed by atoms with van der Waals surface area (Å²) >= 11 is 0. The molecule has 0 radical (unpaired) electrons. The Morgan fingerprint density at radius 1 is 1.12 bits per heavy atom. The van der Waals surface area contributed by atoms with Crippen molar-refractivity contribution >= 4 is 0 Å². The molecule has 1 aliphatic rings. The van der Waals surface area contributed by atoms with E-state index in [2.05, 4.69) is 46.9 Å². The SMILES string of the molecule is CCCNC(C)C1CC(C)(C)CC(C)(C)C1. The van der Waals surface area contributed by atoms with Gasteiger partial charge in [0.15, 0.2) is 0 Å². The highest BCUT2D eigenvalue weighted by atomic mass is 14.9. The molecule has 1 atom stereocenters. The van der Waals surface area contributed by atoms with E-state index in [-0.39, 0.29) is 0 Å². The van der Waals surface area contributed by atoms with Crippen LogP contribution in [-0.4, -0.2) is 12.6 Å². The quantitative estimate of drug-likeness (QED) is 0.755. The van der Waals surface area contributed by atoms with Gasteiger partial charge >= 0.3 is 0 Å². The summed E-state index contributed by atoms with van der Waals surface area (Å²) in [6.07, 6.45) is 5.38. The van der Waals surface area contributed by atoms with E-state index in [0.717, 1.165) is 5.92 Å². The standard InChI is InChI=1S/C15H31N/c1-7-8-16-12(2)13-9-14(3,4)11-15(5,6)10-13/h12-13,16H,7-11H2,1-6H3. The zero-order valence-corrected chi connectivity index (χ0v) is 12.2. The number of hydrogen-bond acceptors (Lipinski definition) is 1. The highest BCUT2D eigenvalue weighted by Crippen LogP contribution is 2.49. The Morgan fingerprint density at radius 3 is 2.06 bits per heavy atom. The average Bonchev–Trinajstić information content (AvgIpc) is 2.09. The fourth-order valence-electron chi connectivity index (χ4n) is 3.82. The van der Waals surface area contributed by atoms with Gasteiger partial charge in [0.1, 0.15) is 0 Å². The van der Waals surface area contributed by atoms with E-state index in [0.29, 0.717) is 16.9 Å². The molecule has 1 heteroatoms. The average molecular weight is 225 g/mol. The maximum absolute atomic E-state index is 3.68. The molecule has 1 unspecified atom stereocenters. The van der Waals surface area contributed by atoms with Crippen molar-refractivity contribution in [2.45, 2.75) is 73.3 Å². The first-order valence-electron chi connectivity index (χ1n) is 6.99. The second-order valence-electron chi connectivity index (χ2n) is 7.42. The van der Waals surface area contributed by atoms with Crippen molar-refractivity contribution in [1.82, 2.24) is 5.32 Å². The summed E-state index contributed by atoms with van der Waals surface area (Å²) in [6, 6.07) is 0.679. The third-order valence-electron chi connectivity index (χ3n) is 4.01. The highest BCUT2D eigenvalue weighted by Gasteiger charge is 2.39. The Bertz CT molecular complexity index is 201. The molecule has 0 spiro atoms. The molecule has 0 aromatic heterocycles. The van der Waals surface area contributed by atoms with Crippen molar-refractivity contribution in [2.24, 2.45) is 16.7 Å². The predicted octanol–water partition coefficient (Wildman–Crippen LogP) is 4.23. The van der Waals surface area contributed by atoms with Crippen LogP contribution in [0.25, 0.3) is 0 Å². The molecule has 0 aliphatic heterocycles. The van der Waals surface area contributed by atoms with Crippen LogP contribution >= 0.6 is 0 Å². The molecule has 16 heavy (non-hydrogen) atoms. The van der Waals surface area contributed by atoms with E-state index >= 15 is 0 Å². The molecule has 1 fully saturated rings. The molecule has 1 saturated carbocycles. The predicted molar refractivity (Wildman–Crippen MR) is 72.7 cm³/mol. The van der Waals surface area contributed by atoms with Gasteiger partial charge in [0.25, 0.3) is 0 Å². The Balaban J connectivity index is 2.59. The minimum atomic E-state index is 0.522. The fourth-order valence-corrected chi connectivity index (χ4v) is 3.82.